The van der Waals surface area contributed by atoms with Crippen molar-refractivity contribution < 1.29 is 14.3 Å². The molecule has 1 aromatic rings. The molecule has 1 aromatic carbocycles. The van der Waals surface area contributed by atoms with Gasteiger partial charge in [-0.1, -0.05) is 24.3 Å². The number of carbonyl (C=O) groups excluding carboxylic acids is 1. The van der Waals surface area contributed by atoms with E-state index in [1.807, 2.05) is 30.0 Å². The van der Waals surface area contributed by atoms with Gasteiger partial charge in [0.2, 0.25) is 0 Å². The molecular weight excluding hydrogens is 260 g/mol. The van der Waals surface area contributed by atoms with E-state index in [0.717, 1.165) is 37.4 Å². The van der Waals surface area contributed by atoms with Crippen LogP contribution in [0.3, 0.4) is 0 Å². The van der Waals surface area contributed by atoms with Crippen LogP contribution in [-0.2, 0) is 26.4 Å². The van der Waals surface area contributed by atoms with E-state index in [-0.39, 0.29) is 5.97 Å². The van der Waals surface area contributed by atoms with Gasteiger partial charge in [-0.2, -0.15) is 11.8 Å². The summed E-state index contributed by atoms with van der Waals surface area (Å²) in [5.74, 6) is 0.779. The molecule has 0 spiro atoms. The molecule has 2 rings (SSSR count). The zero-order valence-corrected chi connectivity index (χ0v) is 12.1. The summed E-state index contributed by atoms with van der Waals surface area (Å²) in [5, 5.41) is 0.680. The molecule has 104 valence electrons. The summed E-state index contributed by atoms with van der Waals surface area (Å²) in [4.78, 5) is 11.4. The molecule has 1 aliphatic rings. The highest BCUT2D eigenvalue weighted by molar-refractivity contribution is 7.99. The number of ether oxygens (including phenoxy) is 2. The van der Waals surface area contributed by atoms with Gasteiger partial charge in [0.15, 0.2) is 0 Å². The maximum Gasteiger partial charge on any atom is 0.309 e. The standard InChI is InChI=1S/C15H20O3S/c1-17-15(16)10-12-4-2-3-5-13(12)11-19-14-6-8-18-9-7-14/h2-5,14H,6-11H2,1H3. The van der Waals surface area contributed by atoms with Crippen LogP contribution in [0.1, 0.15) is 24.0 Å². The Labute approximate surface area is 118 Å². The number of esters is 1. The van der Waals surface area contributed by atoms with E-state index < -0.39 is 0 Å². The lowest BCUT2D eigenvalue weighted by Crippen LogP contribution is -2.17. The van der Waals surface area contributed by atoms with Gasteiger partial charge in [-0.3, -0.25) is 4.79 Å². The fourth-order valence-electron chi connectivity index (χ4n) is 2.15. The number of thioether (sulfide) groups is 1. The van der Waals surface area contributed by atoms with Gasteiger partial charge in [-0.15, -0.1) is 0 Å². The Kier molecular flexibility index (Phi) is 5.73. The van der Waals surface area contributed by atoms with Gasteiger partial charge in [0, 0.05) is 24.2 Å². The highest BCUT2D eigenvalue weighted by Crippen LogP contribution is 2.27. The highest BCUT2D eigenvalue weighted by atomic mass is 32.2. The summed E-state index contributed by atoms with van der Waals surface area (Å²) < 4.78 is 10.1. The first-order valence-electron chi connectivity index (χ1n) is 6.62. The number of hydrogen-bond donors (Lipinski definition) is 0. The van der Waals surface area contributed by atoms with Crippen molar-refractivity contribution in [3.8, 4) is 0 Å². The molecule has 3 nitrogen and oxygen atoms in total. The predicted molar refractivity (Wildman–Crippen MR) is 77.3 cm³/mol. The lowest BCUT2D eigenvalue weighted by atomic mass is 10.1. The average molecular weight is 280 g/mol. The molecule has 0 aliphatic carbocycles. The molecular formula is C15H20O3S. The fourth-order valence-corrected chi connectivity index (χ4v) is 3.37. The Balaban J connectivity index is 1.93. The highest BCUT2D eigenvalue weighted by Gasteiger charge is 2.15. The molecule has 0 radical (unpaired) electrons. The van der Waals surface area contributed by atoms with Crippen LogP contribution < -0.4 is 0 Å². The third-order valence-corrected chi connectivity index (χ3v) is 4.74. The van der Waals surface area contributed by atoms with E-state index in [9.17, 15) is 4.79 Å². The van der Waals surface area contributed by atoms with Gasteiger partial charge < -0.3 is 9.47 Å². The molecule has 1 heterocycles. The second-order valence-electron chi connectivity index (χ2n) is 4.64. The monoisotopic (exact) mass is 280 g/mol. The Morgan fingerprint density at radius 2 is 2.00 bits per heavy atom. The number of methoxy groups -OCH3 is 1. The van der Waals surface area contributed by atoms with Crippen LogP contribution >= 0.6 is 11.8 Å². The molecule has 1 fully saturated rings. The molecule has 4 heteroatoms. The molecule has 0 unspecified atom stereocenters. The quantitative estimate of drug-likeness (QED) is 0.777. The van der Waals surface area contributed by atoms with Gasteiger partial charge in [-0.25, -0.2) is 0 Å². The van der Waals surface area contributed by atoms with Crippen molar-refractivity contribution in [2.24, 2.45) is 0 Å². The number of carbonyl (C=O) groups is 1. The lowest BCUT2D eigenvalue weighted by molar-refractivity contribution is -0.139. The maximum atomic E-state index is 11.4. The molecule has 1 aliphatic heterocycles. The fraction of sp³-hybridized carbons (Fsp3) is 0.533. The van der Waals surface area contributed by atoms with Crippen LogP contribution in [-0.4, -0.2) is 31.5 Å². The summed E-state index contributed by atoms with van der Waals surface area (Å²) in [5.41, 5.74) is 2.32. The zero-order valence-electron chi connectivity index (χ0n) is 11.3. The first-order valence-corrected chi connectivity index (χ1v) is 7.67. The largest absolute Gasteiger partial charge is 0.469 e. The minimum Gasteiger partial charge on any atom is -0.469 e. The van der Waals surface area contributed by atoms with Crippen molar-refractivity contribution in [2.75, 3.05) is 20.3 Å². The summed E-state index contributed by atoms with van der Waals surface area (Å²) in [6, 6.07) is 8.11. The van der Waals surface area contributed by atoms with Crippen molar-refractivity contribution in [1.82, 2.24) is 0 Å². The Morgan fingerprint density at radius 3 is 2.68 bits per heavy atom. The second kappa shape index (κ2) is 7.56. The minimum absolute atomic E-state index is 0.177. The Hall–Kier alpha value is -1.00. The van der Waals surface area contributed by atoms with Gasteiger partial charge in [0.05, 0.1) is 13.5 Å². The molecule has 1 saturated heterocycles. The van der Waals surface area contributed by atoms with Gasteiger partial charge in [-0.05, 0) is 24.0 Å². The third kappa shape index (κ3) is 4.55. The minimum atomic E-state index is -0.177. The van der Waals surface area contributed by atoms with Crippen molar-refractivity contribution in [1.29, 1.82) is 0 Å². The van der Waals surface area contributed by atoms with Gasteiger partial charge >= 0.3 is 5.97 Å². The molecule has 0 N–H and O–H groups in total. The topological polar surface area (TPSA) is 35.5 Å². The molecule has 0 atom stereocenters. The first-order chi connectivity index (χ1) is 9.29. The third-order valence-electron chi connectivity index (χ3n) is 3.32. The second-order valence-corrected chi connectivity index (χ2v) is 5.93. The summed E-state index contributed by atoms with van der Waals surface area (Å²) in [7, 11) is 1.43. The molecule has 0 saturated carbocycles. The molecule has 19 heavy (non-hydrogen) atoms. The van der Waals surface area contributed by atoms with E-state index in [1.165, 1.54) is 12.7 Å². The van der Waals surface area contributed by atoms with Gasteiger partial charge in [0.1, 0.15) is 0 Å². The number of rotatable bonds is 5. The normalized spacial score (nSPS) is 16.3. The SMILES string of the molecule is COC(=O)Cc1ccccc1CSC1CCOCC1. The van der Waals surface area contributed by atoms with Crippen LogP contribution in [0, 0.1) is 0 Å². The number of benzene rings is 1. The summed E-state index contributed by atoms with van der Waals surface area (Å²) >= 11 is 1.97. The van der Waals surface area contributed by atoms with E-state index in [2.05, 4.69) is 6.07 Å². The van der Waals surface area contributed by atoms with Gasteiger partial charge in [0.25, 0.3) is 0 Å². The van der Waals surface area contributed by atoms with E-state index >= 15 is 0 Å². The smallest absolute Gasteiger partial charge is 0.309 e. The summed E-state index contributed by atoms with van der Waals surface area (Å²) in [6.45, 7) is 1.75. The Bertz CT molecular complexity index is 414. The first kappa shape index (κ1) is 14.4. The molecule has 0 bridgehead atoms. The van der Waals surface area contributed by atoms with Crippen molar-refractivity contribution in [3.63, 3.8) is 0 Å². The summed E-state index contributed by atoms with van der Waals surface area (Å²) in [6.07, 6.45) is 2.62. The van der Waals surface area contributed by atoms with Crippen LogP contribution in [0.2, 0.25) is 0 Å². The molecule has 0 aromatic heterocycles. The predicted octanol–water partition coefficient (Wildman–Crippen LogP) is 2.81. The molecule has 0 amide bonds. The lowest BCUT2D eigenvalue weighted by Gasteiger charge is -2.21. The van der Waals surface area contributed by atoms with Crippen molar-refractivity contribution in [2.45, 2.75) is 30.3 Å². The van der Waals surface area contributed by atoms with E-state index in [4.69, 9.17) is 9.47 Å². The van der Waals surface area contributed by atoms with Crippen LogP contribution in [0.4, 0.5) is 0 Å². The van der Waals surface area contributed by atoms with E-state index in [1.54, 1.807) is 0 Å². The average Bonchev–Trinajstić information content (AvgIpc) is 2.47. The zero-order chi connectivity index (χ0) is 13.5. The van der Waals surface area contributed by atoms with Crippen molar-refractivity contribution in [3.05, 3.63) is 35.4 Å². The maximum absolute atomic E-state index is 11.4. The van der Waals surface area contributed by atoms with E-state index in [0.29, 0.717) is 11.7 Å². The van der Waals surface area contributed by atoms with Crippen LogP contribution in [0.15, 0.2) is 24.3 Å². The van der Waals surface area contributed by atoms with Crippen LogP contribution in [0.25, 0.3) is 0 Å². The Morgan fingerprint density at radius 1 is 1.32 bits per heavy atom. The van der Waals surface area contributed by atoms with Crippen LogP contribution in [0.5, 0.6) is 0 Å². The number of hydrogen-bond acceptors (Lipinski definition) is 4. The van der Waals surface area contributed by atoms with Crippen molar-refractivity contribution >= 4 is 17.7 Å².